The van der Waals surface area contributed by atoms with Crippen LogP contribution in [0.15, 0.2) is 36.4 Å². The summed E-state index contributed by atoms with van der Waals surface area (Å²) in [6, 6.07) is 11.3. The first-order chi connectivity index (χ1) is 13.5. The molecule has 2 aromatic carbocycles. The van der Waals surface area contributed by atoms with Crippen LogP contribution in [-0.2, 0) is 6.42 Å². The predicted molar refractivity (Wildman–Crippen MR) is 115 cm³/mol. The number of nitrogens with one attached hydrogen (secondary N) is 1. The molecule has 0 bridgehead atoms. The zero-order valence-electron chi connectivity index (χ0n) is 15.8. The first-order valence-corrected chi connectivity index (χ1v) is 10.4. The van der Waals surface area contributed by atoms with Crippen LogP contribution in [0, 0.1) is 12.8 Å². The van der Waals surface area contributed by atoms with Crippen LogP contribution >= 0.6 is 23.2 Å². The van der Waals surface area contributed by atoms with Crippen molar-refractivity contribution >= 4 is 39.9 Å². The van der Waals surface area contributed by atoms with Crippen LogP contribution in [0.2, 0.25) is 10.0 Å². The summed E-state index contributed by atoms with van der Waals surface area (Å²) in [5.41, 5.74) is 5.07. The normalized spacial score (nSPS) is 19.0. The van der Waals surface area contributed by atoms with Crippen molar-refractivity contribution in [2.24, 2.45) is 5.92 Å². The molecule has 0 radical (unpaired) electrons. The Morgan fingerprint density at radius 1 is 1.18 bits per heavy atom. The van der Waals surface area contributed by atoms with Crippen molar-refractivity contribution in [3.8, 4) is 0 Å². The molecule has 0 spiro atoms. The number of aromatic amines is 1. The number of fused-ring (bicyclic) bond motifs is 3. The Kier molecular flexibility index (Phi) is 5.50. The van der Waals surface area contributed by atoms with E-state index in [1.807, 2.05) is 37.3 Å². The molecule has 1 aliphatic carbocycles. The van der Waals surface area contributed by atoms with E-state index in [9.17, 15) is 9.90 Å². The van der Waals surface area contributed by atoms with Gasteiger partial charge in [0.05, 0.1) is 6.61 Å². The van der Waals surface area contributed by atoms with Crippen LogP contribution in [0.4, 0.5) is 0 Å². The standard InChI is InChI=1S/C23H23Cl2NO2/c1-13-8-15(10-17(25)9-13)22(28)7-3-14-2-5-18-19-11-16(24)4-6-21(19)26-23(18)20(14)12-27/h4,6,8-11,14,20,26-27H,2-3,5,7,12H2,1H3. The average molecular weight is 416 g/mol. The highest BCUT2D eigenvalue weighted by atomic mass is 35.5. The number of H-pyrrole nitrogens is 1. The number of aryl methyl sites for hydroxylation is 2. The molecule has 2 atom stereocenters. The number of hydrogen-bond acceptors (Lipinski definition) is 2. The van der Waals surface area contributed by atoms with Gasteiger partial charge in [0.2, 0.25) is 0 Å². The third-order valence-electron chi connectivity index (χ3n) is 5.91. The van der Waals surface area contributed by atoms with Crippen molar-refractivity contribution in [1.82, 2.24) is 4.98 Å². The van der Waals surface area contributed by atoms with E-state index in [-0.39, 0.29) is 24.2 Å². The highest BCUT2D eigenvalue weighted by Crippen LogP contribution is 2.41. The summed E-state index contributed by atoms with van der Waals surface area (Å²) in [4.78, 5) is 16.2. The van der Waals surface area contributed by atoms with Crippen LogP contribution in [0.5, 0.6) is 0 Å². The largest absolute Gasteiger partial charge is 0.396 e. The number of aliphatic hydroxyl groups is 1. The van der Waals surface area contributed by atoms with Gasteiger partial charge in [0.1, 0.15) is 0 Å². The lowest BCUT2D eigenvalue weighted by atomic mass is 9.75. The van der Waals surface area contributed by atoms with E-state index >= 15 is 0 Å². The molecule has 0 amide bonds. The van der Waals surface area contributed by atoms with Gasteiger partial charge in [0.15, 0.2) is 5.78 Å². The lowest BCUT2D eigenvalue weighted by molar-refractivity contribution is 0.0964. The lowest BCUT2D eigenvalue weighted by Crippen LogP contribution is -2.24. The highest BCUT2D eigenvalue weighted by molar-refractivity contribution is 6.31. The number of carbonyl (C=O) groups excluding carboxylic acids is 1. The van der Waals surface area contributed by atoms with Gasteiger partial charge in [-0.25, -0.2) is 0 Å². The summed E-state index contributed by atoms with van der Waals surface area (Å²) >= 11 is 12.3. The molecule has 5 heteroatoms. The summed E-state index contributed by atoms with van der Waals surface area (Å²) in [5.74, 6) is 0.394. The van der Waals surface area contributed by atoms with Crippen molar-refractivity contribution in [1.29, 1.82) is 0 Å². The molecule has 3 aromatic rings. The number of aromatic nitrogens is 1. The number of rotatable bonds is 5. The molecule has 0 fully saturated rings. The van der Waals surface area contributed by atoms with Crippen LogP contribution in [0.25, 0.3) is 10.9 Å². The van der Waals surface area contributed by atoms with Gasteiger partial charge in [-0.3, -0.25) is 4.79 Å². The summed E-state index contributed by atoms with van der Waals surface area (Å²) in [6.45, 7) is 2.01. The minimum absolute atomic E-state index is 0.0174. The third-order valence-corrected chi connectivity index (χ3v) is 6.36. The van der Waals surface area contributed by atoms with E-state index in [1.165, 1.54) is 5.56 Å². The summed E-state index contributed by atoms with van der Waals surface area (Å²) < 4.78 is 0. The summed E-state index contributed by atoms with van der Waals surface area (Å²) in [7, 11) is 0. The van der Waals surface area contributed by atoms with Gasteiger partial charge in [-0.05, 0) is 79.6 Å². The van der Waals surface area contributed by atoms with Gasteiger partial charge in [-0.1, -0.05) is 23.2 Å². The zero-order chi connectivity index (χ0) is 19.8. The van der Waals surface area contributed by atoms with Crippen molar-refractivity contribution in [2.45, 2.75) is 38.5 Å². The van der Waals surface area contributed by atoms with E-state index in [1.54, 1.807) is 6.07 Å². The van der Waals surface area contributed by atoms with Gasteiger partial charge in [0.25, 0.3) is 0 Å². The molecule has 4 rings (SSSR count). The van der Waals surface area contributed by atoms with Gasteiger partial charge in [-0.15, -0.1) is 0 Å². The van der Waals surface area contributed by atoms with Gasteiger partial charge >= 0.3 is 0 Å². The van der Waals surface area contributed by atoms with E-state index < -0.39 is 0 Å². The maximum atomic E-state index is 12.7. The third kappa shape index (κ3) is 3.71. The molecule has 0 aliphatic heterocycles. The molecule has 0 saturated heterocycles. The van der Waals surface area contributed by atoms with Gasteiger partial charge in [-0.2, -0.15) is 0 Å². The fraction of sp³-hybridized carbons (Fsp3) is 0.348. The Balaban J connectivity index is 1.53. The topological polar surface area (TPSA) is 53.1 Å². The summed E-state index contributed by atoms with van der Waals surface area (Å²) in [6.07, 6.45) is 3.11. The Labute approximate surface area is 174 Å². The van der Waals surface area contributed by atoms with Crippen molar-refractivity contribution in [3.63, 3.8) is 0 Å². The lowest BCUT2D eigenvalue weighted by Gasteiger charge is -2.30. The molecule has 2 unspecified atom stereocenters. The maximum absolute atomic E-state index is 12.7. The Hall–Kier alpha value is -1.81. The number of Topliss-reactive ketones (excluding diaryl/α,β-unsaturated/α-hetero) is 1. The molecule has 1 heterocycles. The minimum atomic E-state index is 0.0174. The molecular weight excluding hydrogens is 393 g/mol. The smallest absolute Gasteiger partial charge is 0.162 e. The second-order valence-electron chi connectivity index (χ2n) is 7.77. The number of halogens is 2. The van der Waals surface area contributed by atoms with E-state index in [0.29, 0.717) is 17.0 Å². The molecule has 1 aromatic heterocycles. The number of ketones is 1. The van der Waals surface area contributed by atoms with Gasteiger partial charge < -0.3 is 10.1 Å². The van der Waals surface area contributed by atoms with E-state index in [0.717, 1.165) is 46.4 Å². The number of benzene rings is 2. The molecule has 0 saturated carbocycles. The first kappa shape index (κ1) is 19.5. The molecule has 28 heavy (non-hydrogen) atoms. The fourth-order valence-electron chi connectivity index (χ4n) is 4.54. The average Bonchev–Trinajstić information content (AvgIpc) is 3.02. The molecular formula is C23H23Cl2NO2. The Morgan fingerprint density at radius 3 is 2.75 bits per heavy atom. The van der Waals surface area contributed by atoms with E-state index in [2.05, 4.69) is 4.98 Å². The second-order valence-corrected chi connectivity index (χ2v) is 8.65. The maximum Gasteiger partial charge on any atom is 0.162 e. The monoisotopic (exact) mass is 415 g/mol. The van der Waals surface area contributed by atoms with Crippen molar-refractivity contribution in [2.75, 3.05) is 6.61 Å². The Morgan fingerprint density at radius 2 is 2.00 bits per heavy atom. The molecule has 1 aliphatic rings. The minimum Gasteiger partial charge on any atom is -0.396 e. The summed E-state index contributed by atoms with van der Waals surface area (Å²) in [5, 5.41) is 12.6. The number of hydrogen-bond donors (Lipinski definition) is 2. The van der Waals surface area contributed by atoms with E-state index in [4.69, 9.17) is 23.2 Å². The molecule has 146 valence electrons. The predicted octanol–water partition coefficient (Wildman–Crippen LogP) is 6.08. The van der Waals surface area contributed by atoms with Crippen LogP contribution in [0.1, 0.15) is 52.4 Å². The Bertz CT molecular complexity index is 1020. The number of carbonyl (C=O) groups is 1. The number of aliphatic hydroxyl groups excluding tert-OH is 1. The van der Waals surface area contributed by atoms with Crippen LogP contribution in [-0.4, -0.2) is 22.5 Å². The van der Waals surface area contributed by atoms with Crippen molar-refractivity contribution < 1.29 is 9.90 Å². The van der Waals surface area contributed by atoms with Crippen LogP contribution in [0.3, 0.4) is 0 Å². The second kappa shape index (κ2) is 7.90. The SMILES string of the molecule is Cc1cc(Cl)cc(C(=O)CCC2CCc3c([nH]c4ccc(Cl)cc34)C2CO)c1. The zero-order valence-corrected chi connectivity index (χ0v) is 17.3. The highest BCUT2D eigenvalue weighted by Gasteiger charge is 2.32. The van der Waals surface area contributed by atoms with Gasteiger partial charge in [0, 0.05) is 44.5 Å². The molecule has 3 nitrogen and oxygen atoms in total. The molecule has 2 N–H and O–H groups in total. The quantitative estimate of drug-likeness (QED) is 0.495. The van der Waals surface area contributed by atoms with Crippen molar-refractivity contribution in [3.05, 3.63) is 68.8 Å². The first-order valence-electron chi connectivity index (χ1n) is 9.67. The van der Waals surface area contributed by atoms with Crippen LogP contribution < -0.4 is 0 Å². The fourth-order valence-corrected chi connectivity index (χ4v) is 5.00.